The fourth-order valence-electron chi connectivity index (χ4n) is 1.67. The van der Waals surface area contributed by atoms with Crippen LogP contribution in [0.5, 0.6) is 0 Å². The minimum atomic E-state index is -0.916. The Kier molecular flexibility index (Phi) is 5.69. The Bertz CT molecular complexity index is 373. The molecule has 1 aromatic carbocycles. The van der Waals surface area contributed by atoms with Gasteiger partial charge in [-0.25, -0.2) is 0 Å². The fourth-order valence-corrected chi connectivity index (χ4v) is 2.14. The normalized spacial score (nSPS) is 13.1. The zero-order chi connectivity index (χ0) is 13.6. The van der Waals surface area contributed by atoms with Crippen LogP contribution in [-0.2, 0) is 0 Å². The maximum Gasteiger partial charge on any atom is 0.251 e. The minimum Gasteiger partial charge on any atom is -0.388 e. The molecule has 2 N–H and O–H groups in total. The van der Waals surface area contributed by atoms with Gasteiger partial charge in [-0.1, -0.05) is 18.2 Å². The van der Waals surface area contributed by atoms with Crippen LogP contribution < -0.4 is 5.32 Å². The second-order valence-corrected chi connectivity index (χ2v) is 5.81. The third-order valence-electron chi connectivity index (χ3n) is 2.80. The van der Waals surface area contributed by atoms with Gasteiger partial charge in [0, 0.05) is 5.56 Å². The van der Waals surface area contributed by atoms with Crippen molar-refractivity contribution < 1.29 is 9.90 Å². The van der Waals surface area contributed by atoms with E-state index in [-0.39, 0.29) is 11.9 Å². The molecule has 0 saturated carbocycles. The molecule has 1 atom stereocenters. The molecule has 1 amide bonds. The van der Waals surface area contributed by atoms with Crippen LogP contribution in [0.3, 0.4) is 0 Å². The average molecular weight is 267 g/mol. The van der Waals surface area contributed by atoms with E-state index in [1.54, 1.807) is 37.7 Å². The molecule has 100 valence electrons. The highest BCUT2D eigenvalue weighted by molar-refractivity contribution is 7.98. The standard InChI is InChI=1S/C14H21NO2S/c1-14(2,17)12(9-10-18-3)15-13(16)11-7-5-4-6-8-11/h4-8,12,17H,9-10H2,1-3H3,(H,15,16). The molecule has 18 heavy (non-hydrogen) atoms. The maximum absolute atomic E-state index is 12.0. The molecule has 1 rings (SSSR count). The van der Waals surface area contributed by atoms with E-state index in [1.807, 2.05) is 24.5 Å². The number of hydrogen-bond acceptors (Lipinski definition) is 3. The van der Waals surface area contributed by atoms with Gasteiger partial charge in [-0.3, -0.25) is 4.79 Å². The third kappa shape index (κ3) is 4.70. The summed E-state index contributed by atoms with van der Waals surface area (Å²) in [7, 11) is 0. The van der Waals surface area contributed by atoms with Gasteiger partial charge in [0.25, 0.3) is 5.91 Å². The number of carbonyl (C=O) groups excluding carboxylic acids is 1. The number of carbonyl (C=O) groups is 1. The average Bonchev–Trinajstić information content (AvgIpc) is 2.34. The lowest BCUT2D eigenvalue weighted by atomic mass is 9.96. The van der Waals surface area contributed by atoms with Gasteiger partial charge < -0.3 is 10.4 Å². The van der Waals surface area contributed by atoms with Crippen LogP contribution in [0.25, 0.3) is 0 Å². The Morgan fingerprint density at radius 1 is 1.39 bits per heavy atom. The second kappa shape index (κ2) is 6.81. The van der Waals surface area contributed by atoms with Crippen LogP contribution in [0.2, 0.25) is 0 Å². The van der Waals surface area contributed by atoms with Gasteiger partial charge in [0.15, 0.2) is 0 Å². The van der Waals surface area contributed by atoms with Crippen molar-refractivity contribution in [3.8, 4) is 0 Å². The molecule has 0 spiro atoms. The van der Waals surface area contributed by atoms with Crippen LogP contribution in [0, 0.1) is 0 Å². The van der Waals surface area contributed by atoms with Gasteiger partial charge in [-0.2, -0.15) is 11.8 Å². The number of thioether (sulfide) groups is 1. The summed E-state index contributed by atoms with van der Waals surface area (Å²) in [4.78, 5) is 12.0. The van der Waals surface area contributed by atoms with E-state index >= 15 is 0 Å². The molecule has 0 aliphatic rings. The summed E-state index contributed by atoms with van der Waals surface area (Å²) >= 11 is 1.71. The van der Waals surface area contributed by atoms with Crippen LogP contribution in [0.15, 0.2) is 30.3 Å². The molecule has 0 radical (unpaired) electrons. The maximum atomic E-state index is 12.0. The summed E-state index contributed by atoms with van der Waals surface area (Å²) in [5.74, 6) is 0.771. The Labute approximate surface area is 113 Å². The first kappa shape index (κ1) is 15.1. The van der Waals surface area contributed by atoms with E-state index in [4.69, 9.17) is 0 Å². The van der Waals surface area contributed by atoms with Crippen LogP contribution >= 0.6 is 11.8 Å². The van der Waals surface area contributed by atoms with E-state index < -0.39 is 5.60 Å². The van der Waals surface area contributed by atoms with Crippen molar-refractivity contribution in [3.63, 3.8) is 0 Å². The van der Waals surface area contributed by atoms with Gasteiger partial charge in [-0.05, 0) is 44.4 Å². The Morgan fingerprint density at radius 3 is 2.50 bits per heavy atom. The quantitative estimate of drug-likeness (QED) is 0.831. The summed E-state index contributed by atoms with van der Waals surface area (Å²) in [5.41, 5.74) is -0.295. The number of amides is 1. The van der Waals surface area contributed by atoms with E-state index in [2.05, 4.69) is 5.32 Å². The first-order valence-electron chi connectivity index (χ1n) is 6.02. The molecule has 0 aromatic heterocycles. The van der Waals surface area contributed by atoms with Gasteiger partial charge in [0.05, 0.1) is 11.6 Å². The molecule has 0 heterocycles. The van der Waals surface area contributed by atoms with Gasteiger partial charge in [-0.15, -0.1) is 0 Å². The van der Waals surface area contributed by atoms with Gasteiger partial charge >= 0.3 is 0 Å². The second-order valence-electron chi connectivity index (χ2n) is 4.83. The summed E-state index contributed by atoms with van der Waals surface area (Å²) in [6.45, 7) is 3.45. The first-order chi connectivity index (χ1) is 8.45. The molecule has 4 heteroatoms. The molecule has 1 aromatic rings. The summed E-state index contributed by atoms with van der Waals surface area (Å²) < 4.78 is 0. The molecular formula is C14H21NO2S. The predicted octanol–water partition coefficient (Wildman–Crippen LogP) is 2.31. The highest BCUT2D eigenvalue weighted by Crippen LogP contribution is 2.15. The van der Waals surface area contributed by atoms with Gasteiger partial charge in [0.2, 0.25) is 0 Å². The van der Waals surface area contributed by atoms with Crippen LogP contribution in [0.1, 0.15) is 30.6 Å². The number of rotatable bonds is 6. The summed E-state index contributed by atoms with van der Waals surface area (Å²) in [6, 6.07) is 8.83. The minimum absolute atomic E-state index is 0.135. The molecule has 1 unspecified atom stereocenters. The Balaban J connectivity index is 2.69. The van der Waals surface area contributed by atoms with Crippen LogP contribution in [0.4, 0.5) is 0 Å². The third-order valence-corrected chi connectivity index (χ3v) is 3.45. The largest absolute Gasteiger partial charge is 0.388 e. The van der Waals surface area contributed by atoms with E-state index in [9.17, 15) is 9.90 Å². The SMILES string of the molecule is CSCCC(NC(=O)c1ccccc1)C(C)(C)O. The predicted molar refractivity (Wildman–Crippen MR) is 77.0 cm³/mol. The van der Waals surface area contributed by atoms with E-state index in [1.165, 1.54) is 0 Å². The fraction of sp³-hybridized carbons (Fsp3) is 0.500. The molecule has 0 bridgehead atoms. The molecule has 0 saturated heterocycles. The zero-order valence-corrected chi connectivity index (χ0v) is 12.0. The number of hydrogen-bond donors (Lipinski definition) is 2. The molecule has 0 fully saturated rings. The zero-order valence-electron chi connectivity index (χ0n) is 11.1. The van der Waals surface area contributed by atoms with Crippen LogP contribution in [-0.4, -0.2) is 34.7 Å². The van der Waals surface area contributed by atoms with E-state index in [0.717, 1.165) is 12.2 Å². The Morgan fingerprint density at radius 2 is 2.00 bits per heavy atom. The molecule has 3 nitrogen and oxygen atoms in total. The van der Waals surface area contributed by atoms with Crippen molar-refractivity contribution in [1.29, 1.82) is 0 Å². The smallest absolute Gasteiger partial charge is 0.251 e. The number of nitrogens with one attached hydrogen (secondary N) is 1. The number of benzene rings is 1. The Hall–Kier alpha value is -1.00. The van der Waals surface area contributed by atoms with Crippen molar-refractivity contribution in [3.05, 3.63) is 35.9 Å². The molecule has 0 aliphatic carbocycles. The molecular weight excluding hydrogens is 246 g/mol. The lowest BCUT2D eigenvalue weighted by Gasteiger charge is -2.30. The lowest BCUT2D eigenvalue weighted by Crippen LogP contribution is -2.49. The van der Waals surface area contributed by atoms with Gasteiger partial charge in [0.1, 0.15) is 0 Å². The highest BCUT2D eigenvalue weighted by atomic mass is 32.2. The van der Waals surface area contributed by atoms with Crippen molar-refractivity contribution in [2.45, 2.75) is 31.9 Å². The number of aliphatic hydroxyl groups is 1. The lowest BCUT2D eigenvalue weighted by molar-refractivity contribution is 0.0341. The van der Waals surface area contributed by atoms with Crippen molar-refractivity contribution >= 4 is 17.7 Å². The highest BCUT2D eigenvalue weighted by Gasteiger charge is 2.27. The van der Waals surface area contributed by atoms with Crippen molar-refractivity contribution in [2.24, 2.45) is 0 Å². The topological polar surface area (TPSA) is 49.3 Å². The summed E-state index contributed by atoms with van der Waals surface area (Å²) in [6.07, 6.45) is 2.77. The summed E-state index contributed by atoms with van der Waals surface area (Å²) in [5, 5.41) is 13.0. The van der Waals surface area contributed by atoms with Crippen molar-refractivity contribution in [1.82, 2.24) is 5.32 Å². The molecule has 0 aliphatic heterocycles. The monoisotopic (exact) mass is 267 g/mol. The first-order valence-corrected chi connectivity index (χ1v) is 7.41. The van der Waals surface area contributed by atoms with Crippen molar-refractivity contribution in [2.75, 3.05) is 12.0 Å². The van der Waals surface area contributed by atoms with E-state index in [0.29, 0.717) is 5.56 Å².